The summed E-state index contributed by atoms with van der Waals surface area (Å²) in [6.45, 7) is 2.17. The van der Waals surface area contributed by atoms with Crippen molar-refractivity contribution in [2.45, 2.75) is 13.3 Å². The van der Waals surface area contributed by atoms with E-state index >= 15 is 0 Å². The van der Waals surface area contributed by atoms with Crippen molar-refractivity contribution in [3.05, 3.63) is 44.2 Å². The third-order valence-corrected chi connectivity index (χ3v) is 5.60. The van der Waals surface area contributed by atoms with E-state index in [4.69, 9.17) is 0 Å². The van der Waals surface area contributed by atoms with E-state index in [0.29, 0.717) is 0 Å². The summed E-state index contributed by atoms with van der Waals surface area (Å²) in [5.41, 5.74) is 2.66. The molecule has 0 radical (unpaired) electrons. The molecule has 2 aromatic rings. The summed E-state index contributed by atoms with van der Waals surface area (Å²) in [4.78, 5) is 1.29. The maximum Gasteiger partial charge on any atom is 0.0846 e. The maximum atomic E-state index is 3.51. The van der Waals surface area contributed by atoms with Crippen molar-refractivity contribution in [1.82, 2.24) is 0 Å². The second kappa shape index (κ2) is 4.81. The molecule has 0 unspecified atom stereocenters. The fraction of sp³-hybridized carbons (Fsp3) is 0.167. The molecule has 78 valence electrons. The Labute approximate surface area is 111 Å². The van der Waals surface area contributed by atoms with Gasteiger partial charge in [-0.3, -0.25) is 0 Å². The third-order valence-electron chi connectivity index (χ3n) is 2.29. The molecule has 0 saturated carbocycles. The van der Waals surface area contributed by atoms with E-state index < -0.39 is 0 Å². The Morgan fingerprint density at radius 1 is 1.13 bits per heavy atom. The molecule has 0 saturated heterocycles. The molecule has 0 amide bonds. The van der Waals surface area contributed by atoms with Gasteiger partial charge >= 0.3 is 0 Å². The van der Waals surface area contributed by atoms with Crippen molar-refractivity contribution in [2.24, 2.45) is 0 Å². The number of hydrogen-bond acceptors (Lipinski definition) is 1. The Morgan fingerprint density at radius 2 is 1.80 bits per heavy atom. The van der Waals surface area contributed by atoms with E-state index in [0.717, 1.165) is 14.7 Å². The summed E-state index contributed by atoms with van der Waals surface area (Å²) in [7, 11) is 0. The second-order valence-corrected chi connectivity index (χ2v) is 6.51. The molecule has 0 N–H and O–H groups in total. The van der Waals surface area contributed by atoms with Crippen LogP contribution in [0.15, 0.2) is 38.6 Å². The van der Waals surface area contributed by atoms with Gasteiger partial charge in [0.15, 0.2) is 0 Å². The molecule has 0 fully saturated rings. The highest BCUT2D eigenvalue weighted by Gasteiger charge is 2.05. The summed E-state index contributed by atoms with van der Waals surface area (Å²) in [6.07, 6.45) is 1.10. The van der Waals surface area contributed by atoms with Crippen molar-refractivity contribution < 1.29 is 0 Å². The number of thiophene rings is 1. The van der Waals surface area contributed by atoms with Crippen LogP contribution in [0.3, 0.4) is 0 Å². The van der Waals surface area contributed by atoms with Gasteiger partial charge in [-0.05, 0) is 55.5 Å². The van der Waals surface area contributed by atoms with Crippen molar-refractivity contribution in [3.8, 4) is 10.4 Å². The van der Waals surface area contributed by atoms with Gasteiger partial charge < -0.3 is 0 Å². The van der Waals surface area contributed by atoms with Gasteiger partial charge in [0.25, 0.3) is 0 Å². The standard InChI is InChI=1S/C12H10Br2S/c1-2-8-3-5-9(6-4-8)11-7-10(13)12(14)15-11/h3-7H,2H2,1H3. The van der Waals surface area contributed by atoms with Crippen LogP contribution in [0.1, 0.15) is 12.5 Å². The quantitative estimate of drug-likeness (QED) is 0.673. The summed E-state index contributed by atoms with van der Waals surface area (Å²) in [5, 5.41) is 0. The second-order valence-electron chi connectivity index (χ2n) is 3.28. The van der Waals surface area contributed by atoms with Crippen molar-refractivity contribution in [3.63, 3.8) is 0 Å². The Kier molecular flexibility index (Phi) is 3.65. The van der Waals surface area contributed by atoms with E-state index in [2.05, 4.69) is 69.1 Å². The molecular formula is C12H10Br2S. The molecule has 0 spiro atoms. The van der Waals surface area contributed by atoms with Gasteiger partial charge in [0.05, 0.1) is 3.79 Å². The molecule has 0 atom stereocenters. The van der Waals surface area contributed by atoms with E-state index in [1.54, 1.807) is 11.3 Å². The highest BCUT2D eigenvalue weighted by atomic mass is 79.9. The Hall–Kier alpha value is -0.120. The van der Waals surface area contributed by atoms with Crippen LogP contribution >= 0.6 is 43.2 Å². The lowest BCUT2D eigenvalue weighted by molar-refractivity contribution is 1.14. The first kappa shape index (κ1) is 11.4. The van der Waals surface area contributed by atoms with Crippen LogP contribution in [0.5, 0.6) is 0 Å². The lowest BCUT2D eigenvalue weighted by atomic mass is 10.1. The number of hydrogen-bond donors (Lipinski definition) is 0. The van der Waals surface area contributed by atoms with Crippen molar-refractivity contribution >= 4 is 43.2 Å². The lowest BCUT2D eigenvalue weighted by Gasteiger charge is -1.99. The van der Waals surface area contributed by atoms with Gasteiger partial charge in [-0.2, -0.15) is 0 Å². The first-order chi connectivity index (χ1) is 7.20. The van der Waals surface area contributed by atoms with Crippen LogP contribution in [0.4, 0.5) is 0 Å². The first-order valence-electron chi connectivity index (χ1n) is 4.75. The van der Waals surface area contributed by atoms with Crippen LogP contribution in [0, 0.1) is 0 Å². The average molecular weight is 346 g/mol. The largest absolute Gasteiger partial charge is 0.127 e. The van der Waals surface area contributed by atoms with E-state index in [1.165, 1.54) is 16.0 Å². The van der Waals surface area contributed by atoms with Gasteiger partial charge in [-0.25, -0.2) is 0 Å². The molecule has 3 heteroatoms. The normalized spacial score (nSPS) is 10.6. The molecule has 15 heavy (non-hydrogen) atoms. The number of aryl methyl sites for hydroxylation is 1. The number of benzene rings is 1. The Bertz CT molecular complexity index is 437. The third kappa shape index (κ3) is 2.52. The molecule has 0 bridgehead atoms. The minimum atomic E-state index is 1.10. The molecule has 0 aliphatic carbocycles. The molecule has 0 aliphatic heterocycles. The maximum absolute atomic E-state index is 3.51. The minimum Gasteiger partial charge on any atom is -0.127 e. The van der Waals surface area contributed by atoms with Crippen molar-refractivity contribution in [2.75, 3.05) is 0 Å². The first-order valence-corrected chi connectivity index (χ1v) is 7.15. The zero-order chi connectivity index (χ0) is 10.8. The lowest BCUT2D eigenvalue weighted by Crippen LogP contribution is -1.78. The summed E-state index contributed by atoms with van der Waals surface area (Å²) >= 11 is 8.77. The smallest absolute Gasteiger partial charge is 0.0846 e. The monoisotopic (exact) mass is 344 g/mol. The van der Waals surface area contributed by atoms with E-state index in [-0.39, 0.29) is 0 Å². The average Bonchev–Trinajstić information content (AvgIpc) is 2.59. The fourth-order valence-electron chi connectivity index (χ4n) is 1.39. The topological polar surface area (TPSA) is 0 Å². The SMILES string of the molecule is CCc1ccc(-c2cc(Br)c(Br)s2)cc1. The summed E-state index contributed by atoms with van der Waals surface area (Å²) < 4.78 is 2.28. The molecule has 0 aliphatic rings. The molecule has 1 aromatic heterocycles. The van der Waals surface area contributed by atoms with E-state index in [9.17, 15) is 0 Å². The zero-order valence-corrected chi connectivity index (χ0v) is 12.2. The highest BCUT2D eigenvalue weighted by molar-refractivity contribution is 9.13. The van der Waals surface area contributed by atoms with Crippen LogP contribution in [-0.4, -0.2) is 0 Å². The van der Waals surface area contributed by atoms with Gasteiger partial charge in [0.1, 0.15) is 0 Å². The van der Waals surface area contributed by atoms with Crippen LogP contribution in [0.2, 0.25) is 0 Å². The summed E-state index contributed by atoms with van der Waals surface area (Å²) in [6, 6.07) is 10.9. The summed E-state index contributed by atoms with van der Waals surface area (Å²) in [5.74, 6) is 0. The predicted octanol–water partition coefficient (Wildman–Crippen LogP) is 5.50. The molecule has 1 heterocycles. The van der Waals surface area contributed by atoms with Crippen LogP contribution in [-0.2, 0) is 6.42 Å². The zero-order valence-electron chi connectivity index (χ0n) is 8.26. The van der Waals surface area contributed by atoms with Gasteiger partial charge in [0.2, 0.25) is 0 Å². The van der Waals surface area contributed by atoms with Gasteiger partial charge in [-0.15, -0.1) is 11.3 Å². The van der Waals surface area contributed by atoms with Crippen molar-refractivity contribution in [1.29, 1.82) is 0 Å². The van der Waals surface area contributed by atoms with Crippen LogP contribution < -0.4 is 0 Å². The molecule has 0 nitrogen and oxygen atoms in total. The Morgan fingerprint density at radius 3 is 2.27 bits per heavy atom. The predicted molar refractivity (Wildman–Crippen MR) is 74.5 cm³/mol. The number of rotatable bonds is 2. The fourth-order valence-corrected chi connectivity index (χ4v) is 3.43. The van der Waals surface area contributed by atoms with E-state index in [1.807, 2.05) is 0 Å². The van der Waals surface area contributed by atoms with Crippen LogP contribution in [0.25, 0.3) is 10.4 Å². The van der Waals surface area contributed by atoms with Gasteiger partial charge in [-0.1, -0.05) is 31.2 Å². The number of halogens is 2. The molecule has 1 aromatic carbocycles. The Balaban J connectivity index is 2.37. The molecule has 2 rings (SSSR count). The highest BCUT2D eigenvalue weighted by Crippen LogP contribution is 2.38. The van der Waals surface area contributed by atoms with Gasteiger partial charge in [0, 0.05) is 9.35 Å². The minimum absolute atomic E-state index is 1.10. The molecular weight excluding hydrogens is 336 g/mol.